The van der Waals surface area contributed by atoms with Crippen molar-refractivity contribution in [1.29, 1.82) is 0 Å². The second-order valence-corrected chi connectivity index (χ2v) is 6.15. The molecule has 0 saturated carbocycles. The maximum Gasteiger partial charge on any atom is 0.269 e. The number of aromatic nitrogens is 3. The molecule has 1 amide bonds. The van der Waals surface area contributed by atoms with Crippen LogP contribution >= 0.6 is 0 Å². The fourth-order valence-corrected chi connectivity index (χ4v) is 2.60. The van der Waals surface area contributed by atoms with Crippen LogP contribution in [0.4, 0.5) is 5.69 Å². The van der Waals surface area contributed by atoms with Crippen molar-refractivity contribution in [2.75, 3.05) is 13.7 Å². The van der Waals surface area contributed by atoms with Gasteiger partial charge in [0.1, 0.15) is 18.4 Å². The van der Waals surface area contributed by atoms with Gasteiger partial charge in [-0.2, -0.15) is 5.10 Å². The van der Waals surface area contributed by atoms with Crippen LogP contribution in [0.15, 0.2) is 61.2 Å². The van der Waals surface area contributed by atoms with Crippen molar-refractivity contribution in [2.45, 2.75) is 13.0 Å². The largest absolute Gasteiger partial charge is 0.484 e. The number of likely N-dealkylation sites (N-methyl/N-ethyl adjacent to an activating group) is 1. The van der Waals surface area contributed by atoms with Gasteiger partial charge in [0.2, 0.25) is 0 Å². The molecule has 3 rings (SSSR count). The monoisotopic (exact) mass is 381 g/mol. The van der Waals surface area contributed by atoms with Gasteiger partial charge in [0.15, 0.2) is 6.61 Å². The van der Waals surface area contributed by atoms with E-state index in [1.165, 1.54) is 30.6 Å². The first-order chi connectivity index (χ1) is 13.5. The molecule has 1 atom stereocenters. The first-order valence-corrected chi connectivity index (χ1v) is 8.53. The van der Waals surface area contributed by atoms with Crippen LogP contribution < -0.4 is 4.74 Å². The molecule has 1 aromatic heterocycles. The molecule has 0 bridgehead atoms. The van der Waals surface area contributed by atoms with Gasteiger partial charge in [0.25, 0.3) is 11.6 Å². The van der Waals surface area contributed by atoms with Crippen LogP contribution in [0.5, 0.6) is 5.75 Å². The molecule has 9 nitrogen and oxygen atoms in total. The number of rotatable bonds is 7. The summed E-state index contributed by atoms with van der Waals surface area (Å²) in [7, 11) is 1.71. The van der Waals surface area contributed by atoms with Crippen LogP contribution in [0.25, 0.3) is 5.69 Å². The average Bonchev–Trinajstić information content (AvgIpc) is 3.26. The molecule has 144 valence electrons. The number of carbonyl (C=O) groups excluding carboxylic acids is 1. The quantitative estimate of drug-likeness (QED) is 0.460. The highest BCUT2D eigenvalue weighted by molar-refractivity contribution is 5.78. The molecule has 9 heteroatoms. The van der Waals surface area contributed by atoms with Crippen molar-refractivity contribution in [3.63, 3.8) is 0 Å². The second-order valence-electron chi connectivity index (χ2n) is 6.15. The standard InChI is InChI=1S/C19H19N5O4/c1-14(15-3-5-16(6-4-15)23-13-20-12-21-23)22(2)19(25)11-28-18-9-7-17(8-10-18)24(26)27/h3-10,12-14H,11H2,1-2H3. The van der Waals surface area contributed by atoms with E-state index in [1.54, 1.807) is 23.0 Å². The molecule has 2 aromatic carbocycles. The fraction of sp³-hybridized carbons (Fsp3) is 0.211. The Hall–Kier alpha value is -3.75. The van der Waals surface area contributed by atoms with E-state index in [0.29, 0.717) is 5.75 Å². The van der Waals surface area contributed by atoms with E-state index in [0.717, 1.165) is 11.3 Å². The van der Waals surface area contributed by atoms with Crippen LogP contribution in [0.2, 0.25) is 0 Å². The van der Waals surface area contributed by atoms with Gasteiger partial charge in [-0.25, -0.2) is 9.67 Å². The number of benzene rings is 2. The molecule has 0 saturated heterocycles. The highest BCUT2D eigenvalue weighted by Crippen LogP contribution is 2.21. The van der Waals surface area contributed by atoms with Gasteiger partial charge in [-0.05, 0) is 36.8 Å². The van der Waals surface area contributed by atoms with E-state index < -0.39 is 4.92 Å². The Balaban J connectivity index is 1.58. The summed E-state index contributed by atoms with van der Waals surface area (Å²) in [6.45, 7) is 1.77. The van der Waals surface area contributed by atoms with Gasteiger partial charge in [-0.15, -0.1) is 0 Å². The van der Waals surface area contributed by atoms with E-state index >= 15 is 0 Å². The number of ether oxygens (including phenoxy) is 1. The minimum absolute atomic E-state index is 0.0289. The molecular weight excluding hydrogens is 362 g/mol. The molecule has 0 fully saturated rings. The Bertz CT molecular complexity index is 939. The van der Waals surface area contributed by atoms with Crippen LogP contribution in [-0.4, -0.2) is 44.1 Å². The van der Waals surface area contributed by atoms with Crippen LogP contribution in [-0.2, 0) is 4.79 Å². The van der Waals surface area contributed by atoms with E-state index in [2.05, 4.69) is 10.1 Å². The maximum absolute atomic E-state index is 12.4. The minimum atomic E-state index is -0.488. The van der Waals surface area contributed by atoms with Gasteiger partial charge in [0, 0.05) is 19.2 Å². The summed E-state index contributed by atoms with van der Waals surface area (Å²) >= 11 is 0. The first-order valence-electron chi connectivity index (χ1n) is 8.53. The average molecular weight is 381 g/mol. The van der Waals surface area contributed by atoms with Crippen molar-refractivity contribution in [3.05, 3.63) is 76.9 Å². The van der Waals surface area contributed by atoms with E-state index in [9.17, 15) is 14.9 Å². The molecule has 0 aliphatic rings. The summed E-state index contributed by atoms with van der Waals surface area (Å²) in [4.78, 5) is 28.1. The summed E-state index contributed by atoms with van der Waals surface area (Å²) in [5.41, 5.74) is 1.82. The predicted octanol–water partition coefficient (Wildman–Crippen LogP) is 2.77. The van der Waals surface area contributed by atoms with E-state index in [-0.39, 0.29) is 24.2 Å². The number of hydrogen-bond donors (Lipinski definition) is 0. The maximum atomic E-state index is 12.4. The van der Waals surface area contributed by atoms with Crippen molar-refractivity contribution in [1.82, 2.24) is 19.7 Å². The van der Waals surface area contributed by atoms with E-state index in [4.69, 9.17) is 4.74 Å². The van der Waals surface area contributed by atoms with Crippen molar-refractivity contribution in [2.24, 2.45) is 0 Å². The Morgan fingerprint density at radius 2 is 1.89 bits per heavy atom. The van der Waals surface area contributed by atoms with Crippen molar-refractivity contribution < 1.29 is 14.5 Å². The number of nitro groups is 1. The highest BCUT2D eigenvalue weighted by atomic mass is 16.6. The van der Waals surface area contributed by atoms with Gasteiger partial charge < -0.3 is 9.64 Å². The molecule has 1 heterocycles. The molecule has 0 spiro atoms. The SMILES string of the molecule is CC(c1ccc(-n2cncn2)cc1)N(C)C(=O)COc1ccc([N+](=O)[O-])cc1. The number of nitrogens with zero attached hydrogens (tertiary/aromatic N) is 5. The number of carbonyl (C=O) groups is 1. The highest BCUT2D eigenvalue weighted by Gasteiger charge is 2.18. The Kier molecular flexibility index (Phi) is 5.64. The normalized spacial score (nSPS) is 11.6. The molecule has 0 N–H and O–H groups in total. The summed E-state index contributed by atoms with van der Waals surface area (Å²) in [6.07, 6.45) is 3.08. The molecule has 0 aliphatic carbocycles. The van der Waals surface area contributed by atoms with Crippen LogP contribution in [0.3, 0.4) is 0 Å². The number of amides is 1. The third kappa shape index (κ3) is 4.32. The fourth-order valence-electron chi connectivity index (χ4n) is 2.60. The minimum Gasteiger partial charge on any atom is -0.484 e. The summed E-state index contributed by atoms with van der Waals surface area (Å²) in [5.74, 6) is 0.198. The summed E-state index contributed by atoms with van der Waals surface area (Å²) < 4.78 is 7.10. The van der Waals surface area contributed by atoms with Gasteiger partial charge in [-0.3, -0.25) is 14.9 Å². The Labute approximate surface area is 161 Å². The lowest BCUT2D eigenvalue weighted by Gasteiger charge is -2.25. The lowest BCUT2D eigenvalue weighted by atomic mass is 10.1. The topological polar surface area (TPSA) is 103 Å². The molecular formula is C19H19N5O4. The number of nitro benzene ring substituents is 1. The third-order valence-electron chi connectivity index (χ3n) is 4.44. The Morgan fingerprint density at radius 3 is 2.46 bits per heavy atom. The van der Waals surface area contributed by atoms with Gasteiger partial charge in [-0.1, -0.05) is 12.1 Å². The van der Waals surface area contributed by atoms with Crippen LogP contribution in [0, 0.1) is 10.1 Å². The van der Waals surface area contributed by atoms with Crippen molar-refractivity contribution in [3.8, 4) is 11.4 Å². The summed E-state index contributed by atoms with van der Waals surface area (Å²) in [5, 5.41) is 14.7. The molecule has 0 aliphatic heterocycles. The lowest BCUT2D eigenvalue weighted by molar-refractivity contribution is -0.384. The smallest absolute Gasteiger partial charge is 0.269 e. The Morgan fingerprint density at radius 1 is 1.21 bits per heavy atom. The molecule has 1 unspecified atom stereocenters. The summed E-state index contributed by atoms with van der Waals surface area (Å²) in [6, 6.07) is 13.1. The zero-order valence-electron chi connectivity index (χ0n) is 15.4. The molecule has 3 aromatic rings. The van der Waals surface area contributed by atoms with Gasteiger partial charge >= 0.3 is 0 Å². The number of non-ortho nitro benzene ring substituents is 1. The number of hydrogen-bond acceptors (Lipinski definition) is 6. The molecule has 28 heavy (non-hydrogen) atoms. The second kappa shape index (κ2) is 8.30. The van der Waals surface area contributed by atoms with Crippen molar-refractivity contribution >= 4 is 11.6 Å². The predicted molar refractivity (Wildman–Crippen MR) is 101 cm³/mol. The van der Waals surface area contributed by atoms with Crippen LogP contribution in [0.1, 0.15) is 18.5 Å². The van der Waals surface area contributed by atoms with E-state index in [1.807, 2.05) is 31.2 Å². The zero-order chi connectivity index (χ0) is 20.1. The zero-order valence-corrected chi connectivity index (χ0v) is 15.4. The lowest BCUT2D eigenvalue weighted by Crippen LogP contribution is -2.33. The van der Waals surface area contributed by atoms with Gasteiger partial charge in [0.05, 0.1) is 16.7 Å². The molecule has 0 radical (unpaired) electrons. The third-order valence-corrected chi connectivity index (χ3v) is 4.44. The first kappa shape index (κ1) is 19.0.